The summed E-state index contributed by atoms with van der Waals surface area (Å²) in [7, 11) is 0. The Morgan fingerprint density at radius 1 is 1.18 bits per heavy atom. The van der Waals surface area contributed by atoms with Crippen molar-refractivity contribution in [1.82, 2.24) is 4.98 Å². The zero-order valence-corrected chi connectivity index (χ0v) is 11.8. The fourth-order valence-electron chi connectivity index (χ4n) is 1.25. The molecule has 0 saturated heterocycles. The van der Waals surface area contributed by atoms with Gasteiger partial charge in [-0.25, -0.2) is 9.37 Å². The molecule has 1 heterocycles. The maximum atomic E-state index is 12.9. The predicted molar refractivity (Wildman–Crippen MR) is 70.4 cm³/mol. The van der Waals surface area contributed by atoms with Crippen molar-refractivity contribution in [2.45, 2.75) is 6.61 Å². The van der Waals surface area contributed by atoms with E-state index in [1.807, 2.05) is 6.07 Å². The number of aromatic nitrogens is 1. The molecule has 0 N–H and O–H groups in total. The van der Waals surface area contributed by atoms with Crippen LogP contribution in [0.15, 0.2) is 45.6 Å². The van der Waals surface area contributed by atoms with Gasteiger partial charge >= 0.3 is 0 Å². The zero-order chi connectivity index (χ0) is 12.3. The molecule has 1 aromatic carbocycles. The van der Waals surface area contributed by atoms with E-state index in [-0.39, 0.29) is 5.82 Å². The standard InChI is InChI=1S/C12H8Br2FNO/c13-11-5-9(15)2-1-8(11)7-17-10-3-4-12(14)16-6-10/h1-6H,7H2. The molecule has 2 nitrogen and oxygen atoms in total. The van der Waals surface area contributed by atoms with E-state index in [0.29, 0.717) is 16.8 Å². The molecule has 0 aliphatic carbocycles. The van der Waals surface area contributed by atoms with Gasteiger partial charge in [-0.1, -0.05) is 22.0 Å². The van der Waals surface area contributed by atoms with Crippen LogP contribution in [0.2, 0.25) is 0 Å². The Kier molecular flexibility index (Phi) is 4.12. The second-order valence-electron chi connectivity index (χ2n) is 3.34. The SMILES string of the molecule is Fc1ccc(COc2ccc(Br)nc2)c(Br)c1. The highest BCUT2D eigenvalue weighted by Crippen LogP contribution is 2.20. The summed E-state index contributed by atoms with van der Waals surface area (Å²) in [5.74, 6) is 0.398. The first kappa shape index (κ1) is 12.5. The van der Waals surface area contributed by atoms with Crippen LogP contribution in [0.5, 0.6) is 5.75 Å². The van der Waals surface area contributed by atoms with Gasteiger partial charge < -0.3 is 4.74 Å². The van der Waals surface area contributed by atoms with Gasteiger partial charge in [-0.15, -0.1) is 0 Å². The van der Waals surface area contributed by atoms with Crippen molar-refractivity contribution >= 4 is 31.9 Å². The van der Waals surface area contributed by atoms with Gasteiger partial charge in [0.25, 0.3) is 0 Å². The highest BCUT2D eigenvalue weighted by molar-refractivity contribution is 9.10. The largest absolute Gasteiger partial charge is 0.487 e. The molecule has 0 saturated carbocycles. The second-order valence-corrected chi connectivity index (χ2v) is 5.01. The molecule has 2 aromatic rings. The number of rotatable bonds is 3. The molecule has 1 aromatic heterocycles. The molecule has 17 heavy (non-hydrogen) atoms. The molecule has 0 fully saturated rings. The topological polar surface area (TPSA) is 22.1 Å². The number of ether oxygens (including phenoxy) is 1. The Balaban J connectivity index is 2.04. The number of benzene rings is 1. The van der Waals surface area contributed by atoms with Gasteiger partial charge in [0.15, 0.2) is 0 Å². The van der Waals surface area contributed by atoms with Gasteiger partial charge in [-0.3, -0.25) is 0 Å². The maximum Gasteiger partial charge on any atom is 0.138 e. The molecule has 0 spiro atoms. The fraction of sp³-hybridized carbons (Fsp3) is 0.0833. The fourth-order valence-corrected chi connectivity index (χ4v) is 1.95. The molecule has 0 aliphatic rings. The Bertz CT molecular complexity index is 516. The third-order valence-electron chi connectivity index (χ3n) is 2.11. The molecule has 5 heteroatoms. The first-order valence-corrected chi connectivity index (χ1v) is 6.42. The van der Waals surface area contributed by atoms with Gasteiger partial charge in [-0.2, -0.15) is 0 Å². The van der Waals surface area contributed by atoms with Gasteiger partial charge in [0.2, 0.25) is 0 Å². The minimum absolute atomic E-state index is 0.272. The number of hydrogen-bond donors (Lipinski definition) is 0. The first-order chi connectivity index (χ1) is 8.15. The molecule has 0 amide bonds. The lowest BCUT2D eigenvalue weighted by molar-refractivity contribution is 0.304. The minimum Gasteiger partial charge on any atom is -0.487 e. The van der Waals surface area contributed by atoms with E-state index >= 15 is 0 Å². The van der Waals surface area contributed by atoms with Crippen LogP contribution in [0.4, 0.5) is 4.39 Å². The summed E-state index contributed by atoms with van der Waals surface area (Å²) >= 11 is 6.53. The molecule has 0 unspecified atom stereocenters. The molecular formula is C12H8Br2FNO. The van der Waals surface area contributed by atoms with Crippen LogP contribution in [0, 0.1) is 5.82 Å². The second kappa shape index (κ2) is 5.60. The van der Waals surface area contributed by atoms with Gasteiger partial charge in [-0.05, 0) is 40.2 Å². The van der Waals surface area contributed by atoms with E-state index in [4.69, 9.17) is 4.74 Å². The van der Waals surface area contributed by atoms with Crippen molar-refractivity contribution in [2.75, 3.05) is 0 Å². The lowest BCUT2D eigenvalue weighted by Crippen LogP contribution is -1.97. The number of halogens is 3. The molecule has 0 bridgehead atoms. The third kappa shape index (κ3) is 3.51. The maximum absolute atomic E-state index is 12.9. The molecule has 0 atom stereocenters. The van der Waals surface area contributed by atoms with Crippen LogP contribution in [-0.4, -0.2) is 4.98 Å². The summed E-state index contributed by atoms with van der Waals surface area (Å²) in [5, 5.41) is 0. The summed E-state index contributed by atoms with van der Waals surface area (Å²) in [6.07, 6.45) is 1.63. The van der Waals surface area contributed by atoms with Crippen LogP contribution in [0.3, 0.4) is 0 Å². The van der Waals surface area contributed by atoms with Crippen molar-refractivity contribution in [3.63, 3.8) is 0 Å². The quantitative estimate of drug-likeness (QED) is 0.760. The Morgan fingerprint density at radius 3 is 2.65 bits per heavy atom. The normalized spacial score (nSPS) is 10.3. The van der Waals surface area contributed by atoms with Gasteiger partial charge in [0.1, 0.15) is 22.8 Å². The molecule has 0 radical (unpaired) electrons. The van der Waals surface area contributed by atoms with E-state index in [1.54, 1.807) is 18.3 Å². The van der Waals surface area contributed by atoms with Crippen molar-refractivity contribution in [1.29, 1.82) is 0 Å². The highest BCUT2D eigenvalue weighted by atomic mass is 79.9. The third-order valence-corrected chi connectivity index (χ3v) is 3.32. The molecule has 2 rings (SSSR count). The van der Waals surface area contributed by atoms with E-state index in [1.165, 1.54) is 12.1 Å². The Hall–Kier alpha value is -0.940. The average Bonchev–Trinajstić information content (AvgIpc) is 2.30. The number of nitrogens with zero attached hydrogens (tertiary/aromatic N) is 1. The van der Waals surface area contributed by atoms with Crippen LogP contribution < -0.4 is 4.74 Å². The van der Waals surface area contributed by atoms with Crippen LogP contribution in [0.25, 0.3) is 0 Å². The lowest BCUT2D eigenvalue weighted by Gasteiger charge is -2.07. The lowest BCUT2D eigenvalue weighted by atomic mass is 10.2. The van der Waals surface area contributed by atoms with Crippen molar-refractivity contribution in [3.8, 4) is 5.75 Å². The van der Waals surface area contributed by atoms with E-state index in [0.717, 1.165) is 10.2 Å². The van der Waals surface area contributed by atoms with Crippen LogP contribution in [-0.2, 0) is 6.61 Å². The first-order valence-electron chi connectivity index (χ1n) is 4.83. The number of pyridine rings is 1. The van der Waals surface area contributed by atoms with E-state index < -0.39 is 0 Å². The summed E-state index contributed by atoms with van der Waals surface area (Å²) in [6, 6.07) is 8.12. The van der Waals surface area contributed by atoms with Crippen molar-refractivity contribution < 1.29 is 9.13 Å². The molecular weight excluding hydrogens is 353 g/mol. The average molecular weight is 361 g/mol. The smallest absolute Gasteiger partial charge is 0.138 e. The Labute approximate surface area is 115 Å². The molecule has 0 aliphatic heterocycles. The van der Waals surface area contributed by atoms with Crippen LogP contribution >= 0.6 is 31.9 Å². The minimum atomic E-state index is -0.272. The summed E-state index contributed by atoms with van der Waals surface area (Å²) in [5.41, 5.74) is 0.884. The molecule has 88 valence electrons. The van der Waals surface area contributed by atoms with Crippen molar-refractivity contribution in [2.24, 2.45) is 0 Å². The van der Waals surface area contributed by atoms with Crippen molar-refractivity contribution in [3.05, 3.63) is 57.0 Å². The van der Waals surface area contributed by atoms with E-state index in [9.17, 15) is 4.39 Å². The Morgan fingerprint density at radius 2 is 2.00 bits per heavy atom. The van der Waals surface area contributed by atoms with E-state index in [2.05, 4.69) is 36.8 Å². The summed E-state index contributed by atoms with van der Waals surface area (Å²) < 4.78 is 19.9. The van der Waals surface area contributed by atoms with Crippen LogP contribution in [0.1, 0.15) is 5.56 Å². The zero-order valence-electron chi connectivity index (χ0n) is 8.66. The van der Waals surface area contributed by atoms with Gasteiger partial charge in [0, 0.05) is 10.0 Å². The highest BCUT2D eigenvalue weighted by Gasteiger charge is 2.02. The summed E-state index contributed by atoms with van der Waals surface area (Å²) in [6.45, 7) is 0.365. The predicted octanol–water partition coefficient (Wildman–Crippen LogP) is 4.32. The number of hydrogen-bond acceptors (Lipinski definition) is 2. The van der Waals surface area contributed by atoms with Gasteiger partial charge in [0.05, 0.1) is 6.20 Å². The summed E-state index contributed by atoms with van der Waals surface area (Å²) in [4.78, 5) is 4.05. The monoisotopic (exact) mass is 359 g/mol.